The first kappa shape index (κ1) is 13.7. The number of halogens is 1. The molecule has 0 amide bonds. The molecular weight excluding hydrogens is 219 g/mol. The molecule has 0 aliphatic heterocycles. The van der Waals surface area contributed by atoms with E-state index in [1.807, 2.05) is 20.8 Å². The minimum atomic E-state index is -0.480. The number of rotatable bonds is 4. The van der Waals surface area contributed by atoms with Crippen molar-refractivity contribution in [2.24, 2.45) is 5.41 Å². The quantitative estimate of drug-likeness (QED) is 0.745. The van der Waals surface area contributed by atoms with E-state index in [-0.39, 0.29) is 16.9 Å². The Kier molecular flexibility index (Phi) is 4.27. The smallest absolute Gasteiger partial charge is 0.165 e. The highest BCUT2D eigenvalue weighted by molar-refractivity contribution is 5.96. The molecule has 0 atom stereocenters. The van der Waals surface area contributed by atoms with Crippen molar-refractivity contribution in [3.63, 3.8) is 0 Å². The molecule has 0 bridgehead atoms. The Hall–Kier alpha value is -1.38. The molecule has 0 aromatic heterocycles. The van der Waals surface area contributed by atoms with Gasteiger partial charge in [-0.15, -0.1) is 0 Å². The standard InChI is InChI=1S/C14H19FO2/c1-5-17-13-7-6-10(8-11(13)15)12(16)9-14(2,3)4/h6-8H,5,9H2,1-4H3. The third-order valence-electron chi connectivity index (χ3n) is 2.24. The summed E-state index contributed by atoms with van der Waals surface area (Å²) in [6.45, 7) is 8.14. The highest BCUT2D eigenvalue weighted by Gasteiger charge is 2.18. The van der Waals surface area contributed by atoms with Gasteiger partial charge in [0, 0.05) is 12.0 Å². The number of hydrogen-bond donors (Lipinski definition) is 0. The van der Waals surface area contributed by atoms with Gasteiger partial charge < -0.3 is 4.74 Å². The van der Waals surface area contributed by atoms with Crippen LogP contribution in [0.15, 0.2) is 18.2 Å². The van der Waals surface area contributed by atoms with Gasteiger partial charge in [0.05, 0.1) is 6.61 Å². The number of ether oxygens (including phenoxy) is 1. The second kappa shape index (κ2) is 5.30. The molecule has 94 valence electrons. The van der Waals surface area contributed by atoms with E-state index in [2.05, 4.69) is 0 Å². The summed E-state index contributed by atoms with van der Waals surface area (Å²) in [5.74, 6) is -0.328. The highest BCUT2D eigenvalue weighted by atomic mass is 19.1. The summed E-state index contributed by atoms with van der Waals surface area (Å²) >= 11 is 0. The molecule has 17 heavy (non-hydrogen) atoms. The minimum Gasteiger partial charge on any atom is -0.491 e. The van der Waals surface area contributed by atoms with Gasteiger partial charge in [0.15, 0.2) is 17.3 Å². The van der Waals surface area contributed by atoms with Crippen LogP contribution in [0.2, 0.25) is 0 Å². The van der Waals surface area contributed by atoms with E-state index in [4.69, 9.17) is 4.74 Å². The van der Waals surface area contributed by atoms with Crippen LogP contribution in [0.3, 0.4) is 0 Å². The van der Waals surface area contributed by atoms with Crippen molar-refractivity contribution in [1.82, 2.24) is 0 Å². The summed E-state index contributed by atoms with van der Waals surface area (Å²) < 4.78 is 18.6. The fraction of sp³-hybridized carbons (Fsp3) is 0.500. The van der Waals surface area contributed by atoms with Gasteiger partial charge in [-0.2, -0.15) is 0 Å². The molecule has 0 unspecified atom stereocenters. The molecule has 0 saturated heterocycles. The zero-order chi connectivity index (χ0) is 13.1. The van der Waals surface area contributed by atoms with Crippen LogP contribution in [-0.4, -0.2) is 12.4 Å². The number of carbonyl (C=O) groups is 1. The predicted octanol–water partition coefficient (Wildman–Crippen LogP) is 3.84. The first-order valence-electron chi connectivity index (χ1n) is 5.79. The largest absolute Gasteiger partial charge is 0.491 e. The van der Waals surface area contributed by atoms with E-state index in [1.165, 1.54) is 12.1 Å². The third-order valence-corrected chi connectivity index (χ3v) is 2.24. The number of ketones is 1. The molecule has 0 spiro atoms. The Labute approximate surface area is 102 Å². The highest BCUT2D eigenvalue weighted by Crippen LogP contribution is 2.24. The maximum atomic E-state index is 13.6. The average Bonchev–Trinajstić information content (AvgIpc) is 2.18. The van der Waals surface area contributed by atoms with Crippen LogP contribution >= 0.6 is 0 Å². The Morgan fingerprint density at radius 3 is 2.47 bits per heavy atom. The first-order chi connectivity index (χ1) is 7.83. The van der Waals surface area contributed by atoms with Gasteiger partial charge in [0.25, 0.3) is 0 Å². The van der Waals surface area contributed by atoms with E-state index in [0.717, 1.165) is 0 Å². The lowest BCUT2D eigenvalue weighted by Gasteiger charge is -2.16. The van der Waals surface area contributed by atoms with Crippen LogP contribution in [0.1, 0.15) is 44.5 Å². The predicted molar refractivity (Wildman–Crippen MR) is 66.0 cm³/mol. The second-order valence-corrected chi connectivity index (χ2v) is 5.24. The second-order valence-electron chi connectivity index (χ2n) is 5.24. The molecule has 1 rings (SSSR count). The van der Waals surface area contributed by atoms with Gasteiger partial charge in [-0.05, 0) is 30.5 Å². The monoisotopic (exact) mass is 238 g/mol. The fourth-order valence-corrected chi connectivity index (χ4v) is 1.53. The zero-order valence-corrected chi connectivity index (χ0v) is 10.8. The lowest BCUT2D eigenvalue weighted by Crippen LogP contribution is -2.13. The zero-order valence-electron chi connectivity index (χ0n) is 10.8. The minimum absolute atomic E-state index is 0.0422. The number of benzene rings is 1. The van der Waals surface area contributed by atoms with Crippen molar-refractivity contribution in [3.05, 3.63) is 29.6 Å². The van der Waals surface area contributed by atoms with Crippen LogP contribution in [0.4, 0.5) is 4.39 Å². The van der Waals surface area contributed by atoms with Crippen molar-refractivity contribution >= 4 is 5.78 Å². The molecule has 0 aliphatic carbocycles. The van der Waals surface area contributed by atoms with Gasteiger partial charge >= 0.3 is 0 Å². The maximum absolute atomic E-state index is 13.6. The molecule has 0 aliphatic rings. The molecule has 0 heterocycles. The molecule has 3 heteroatoms. The van der Waals surface area contributed by atoms with Crippen LogP contribution in [0, 0.1) is 11.2 Å². The molecule has 0 N–H and O–H groups in total. The summed E-state index contributed by atoms with van der Waals surface area (Å²) in [5.41, 5.74) is 0.312. The van der Waals surface area contributed by atoms with Crippen LogP contribution in [-0.2, 0) is 0 Å². The molecule has 0 fully saturated rings. The van der Waals surface area contributed by atoms with Crippen molar-refractivity contribution in [3.8, 4) is 5.75 Å². The lowest BCUT2D eigenvalue weighted by atomic mass is 9.88. The first-order valence-corrected chi connectivity index (χ1v) is 5.79. The molecule has 2 nitrogen and oxygen atoms in total. The Bertz CT molecular complexity index is 405. The van der Waals surface area contributed by atoms with E-state index >= 15 is 0 Å². The van der Waals surface area contributed by atoms with E-state index in [9.17, 15) is 9.18 Å². The van der Waals surface area contributed by atoms with E-state index in [1.54, 1.807) is 13.0 Å². The van der Waals surface area contributed by atoms with E-state index < -0.39 is 5.82 Å². The Morgan fingerprint density at radius 1 is 1.35 bits per heavy atom. The lowest BCUT2D eigenvalue weighted by molar-refractivity contribution is 0.0939. The van der Waals surface area contributed by atoms with Crippen molar-refractivity contribution < 1.29 is 13.9 Å². The average molecular weight is 238 g/mol. The molecule has 0 radical (unpaired) electrons. The van der Waals surface area contributed by atoms with Gasteiger partial charge in [-0.1, -0.05) is 20.8 Å². The summed E-state index contributed by atoms with van der Waals surface area (Å²) in [5, 5.41) is 0. The molecular formula is C14H19FO2. The summed E-state index contributed by atoms with van der Waals surface area (Å²) in [7, 11) is 0. The van der Waals surface area contributed by atoms with E-state index in [0.29, 0.717) is 18.6 Å². The summed E-state index contributed by atoms with van der Waals surface area (Å²) in [6, 6.07) is 4.37. The fourth-order valence-electron chi connectivity index (χ4n) is 1.53. The van der Waals surface area contributed by atoms with Crippen molar-refractivity contribution in [2.45, 2.75) is 34.1 Å². The van der Waals surface area contributed by atoms with Gasteiger partial charge in [0.2, 0.25) is 0 Å². The maximum Gasteiger partial charge on any atom is 0.165 e. The topological polar surface area (TPSA) is 26.3 Å². The summed E-state index contributed by atoms with van der Waals surface area (Å²) in [6.07, 6.45) is 0.403. The number of hydrogen-bond acceptors (Lipinski definition) is 2. The van der Waals surface area contributed by atoms with Crippen molar-refractivity contribution in [2.75, 3.05) is 6.61 Å². The number of carbonyl (C=O) groups excluding carboxylic acids is 1. The van der Waals surface area contributed by atoms with Gasteiger partial charge in [-0.3, -0.25) is 4.79 Å². The number of Topliss-reactive ketones (excluding diaryl/α,β-unsaturated/α-hetero) is 1. The van der Waals surface area contributed by atoms with Gasteiger partial charge in [0.1, 0.15) is 0 Å². The third kappa shape index (κ3) is 4.17. The molecule has 1 aromatic carbocycles. The molecule has 0 saturated carbocycles. The van der Waals surface area contributed by atoms with Crippen LogP contribution in [0.25, 0.3) is 0 Å². The Balaban J connectivity index is 2.86. The normalized spacial score (nSPS) is 11.4. The van der Waals surface area contributed by atoms with Crippen LogP contribution in [0.5, 0.6) is 5.75 Å². The van der Waals surface area contributed by atoms with Crippen LogP contribution < -0.4 is 4.74 Å². The molecule has 1 aromatic rings. The SMILES string of the molecule is CCOc1ccc(C(=O)CC(C)(C)C)cc1F. The van der Waals surface area contributed by atoms with Gasteiger partial charge in [-0.25, -0.2) is 4.39 Å². The van der Waals surface area contributed by atoms with Crippen molar-refractivity contribution in [1.29, 1.82) is 0 Å². The Morgan fingerprint density at radius 2 is 2.00 bits per heavy atom. The summed E-state index contributed by atoms with van der Waals surface area (Å²) in [4.78, 5) is 11.9.